The van der Waals surface area contributed by atoms with Crippen LogP contribution in [0.5, 0.6) is 0 Å². The van der Waals surface area contributed by atoms with Crippen molar-refractivity contribution in [1.82, 2.24) is 14.7 Å². The van der Waals surface area contributed by atoms with E-state index in [1.165, 1.54) is 0 Å². The summed E-state index contributed by atoms with van der Waals surface area (Å²) in [6.07, 6.45) is -3.39. The van der Waals surface area contributed by atoms with Gasteiger partial charge in [0.25, 0.3) is 0 Å². The monoisotopic (exact) mass is 409 g/mol. The third kappa shape index (κ3) is 4.98. The van der Waals surface area contributed by atoms with Crippen molar-refractivity contribution >= 4 is 5.91 Å². The molecule has 0 radical (unpaired) electrons. The van der Waals surface area contributed by atoms with E-state index in [1.807, 2.05) is 31.2 Å². The van der Waals surface area contributed by atoms with Crippen molar-refractivity contribution in [2.24, 2.45) is 0 Å². The molecule has 1 fully saturated rings. The Balaban J connectivity index is 1.79. The lowest BCUT2D eigenvalue weighted by Crippen LogP contribution is -2.44. The molecular formula is C21H26F3N3O2. The number of hydrogen-bond acceptors (Lipinski definition) is 3. The predicted molar refractivity (Wildman–Crippen MR) is 103 cm³/mol. The van der Waals surface area contributed by atoms with Gasteiger partial charge in [-0.05, 0) is 38.3 Å². The molecular weight excluding hydrogens is 383 g/mol. The van der Waals surface area contributed by atoms with Crippen LogP contribution in [0.4, 0.5) is 13.2 Å². The third-order valence-corrected chi connectivity index (χ3v) is 5.42. The highest BCUT2D eigenvalue weighted by Gasteiger charge is 2.35. The van der Waals surface area contributed by atoms with Crippen molar-refractivity contribution in [1.29, 1.82) is 0 Å². The first-order valence-corrected chi connectivity index (χ1v) is 9.69. The van der Waals surface area contributed by atoms with E-state index in [4.69, 9.17) is 4.74 Å². The van der Waals surface area contributed by atoms with Crippen LogP contribution in [0, 0.1) is 20.8 Å². The van der Waals surface area contributed by atoms with Gasteiger partial charge in [0.2, 0.25) is 5.91 Å². The van der Waals surface area contributed by atoms with Gasteiger partial charge in [0.05, 0.1) is 24.9 Å². The number of carbonyl (C=O) groups excluding carboxylic acids is 1. The van der Waals surface area contributed by atoms with E-state index in [0.29, 0.717) is 42.9 Å². The number of nitrogens with zero attached hydrogens (tertiary/aromatic N) is 3. The SMILES string of the molecule is Cc1ccccc1CCC(=O)N1CCOCC1c1c(C)nn(CC(F)(F)F)c1C. The van der Waals surface area contributed by atoms with Gasteiger partial charge in [0.15, 0.2) is 0 Å². The van der Waals surface area contributed by atoms with Gasteiger partial charge in [0, 0.05) is 24.2 Å². The Kier molecular flexibility index (Phi) is 6.31. The van der Waals surface area contributed by atoms with Gasteiger partial charge >= 0.3 is 6.18 Å². The molecule has 0 bridgehead atoms. The lowest BCUT2D eigenvalue weighted by Gasteiger charge is -2.36. The number of aromatic nitrogens is 2. The Morgan fingerprint density at radius 3 is 2.66 bits per heavy atom. The number of hydrogen-bond donors (Lipinski definition) is 0. The van der Waals surface area contributed by atoms with E-state index in [0.717, 1.165) is 15.8 Å². The minimum absolute atomic E-state index is 0.0241. The number of halogens is 3. The fourth-order valence-corrected chi connectivity index (χ4v) is 3.93. The zero-order valence-electron chi connectivity index (χ0n) is 16.9. The van der Waals surface area contributed by atoms with Gasteiger partial charge < -0.3 is 9.64 Å². The molecule has 2 aromatic rings. The molecule has 3 rings (SSSR count). The number of morpholine rings is 1. The summed E-state index contributed by atoms with van der Waals surface area (Å²) >= 11 is 0. The quantitative estimate of drug-likeness (QED) is 0.753. The maximum Gasteiger partial charge on any atom is 0.408 e. The second-order valence-corrected chi connectivity index (χ2v) is 7.46. The van der Waals surface area contributed by atoms with Crippen LogP contribution in [0.15, 0.2) is 24.3 Å². The topological polar surface area (TPSA) is 47.4 Å². The summed E-state index contributed by atoms with van der Waals surface area (Å²) in [6, 6.07) is 7.51. The minimum atomic E-state index is -4.35. The van der Waals surface area contributed by atoms with Crippen molar-refractivity contribution in [3.8, 4) is 0 Å². The van der Waals surface area contributed by atoms with Crippen LogP contribution in [-0.2, 0) is 22.5 Å². The number of carbonyl (C=O) groups is 1. The average Bonchev–Trinajstić information content (AvgIpc) is 2.92. The number of alkyl halides is 3. The number of aryl methyl sites for hydroxylation is 3. The van der Waals surface area contributed by atoms with Gasteiger partial charge in [-0.25, -0.2) is 0 Å². The van der Waals surface area contributed by atoms with E-state index in [-0.39, 0.29) is 12.5 Å². The smallest absolute Gasteiger partial charge is 0.377 e. The molecule has 1 atom stereocenters. The Morgan fingerprint density at radius 2 is 1.97 bits per heavy atom. The Labute approximate surface area is 168 Å². The third-order valence-electron chi connectivity index (χ3n) is 5.42. The zero-order chi connectivity index (χ0) is 21.2. The molecule has 1 aliphatic heterocycles. The Morgan fingerprint density at radius 1 is 1.24 bits per heavy atom. The molecule has 1 aromatic carbocycles. The highest BCUT2D eigenvalue weighted by molar-refractivity contribution is 5.77. The van der Waals surface area contributed by atoms with E-state index in [9.17, 15) is 18.0 Å². The van der Waals surface area contributed by atoms with Crippen molar-refractivity contribution in [2.45, 2.75) is 52.4 Å². The average molecular weight is 409 g/mol. The molecule has 1 saturated heterocycles. The Bertz CT molecular complexity index is 877. The van der Waals surface area contributed by atoms with Crippen LogP contribution in [0.2, 0.25) is 0 Å². The molecule has 2 heterocycles. The molecule has 158 valence electrons. The first-order valence-electron chi connectivity index (χ1n) is 9.69. The lowest BCUT2D eigenvalue weighted by atomic mass is 10.0. The molecule has 1 aromatic heterocycles. The summed E-state index contributed by atoms with van der Waals surface area (Å²) in [5.74, 6) is -0.0241. The zero-order valence-corrected chi connectivity index (χ0v) is 16.9. The van der Waals surface area contributed by atoms with Crippen LogP contribution in [0.3, 0.4) is 0 Å². The van der Waals surface area contributed by atoms with E-state index >= 15 is 0 Å². The second-order valence-electron chi connectivity index (χ2n) is 7.46. The molecule has 29 heavy (non-hydrogen) atoms. The number of benzene rings is 1. The van der Waals surface area contributed by atoms with Crippen LogP contribution in [0.1, 0.15) is 40.5 Å². The molecule has 8 heteroatoms. The molecule has 0 saturated carbocycles. The minimum Gasteiger partial charge on any atom is -0.377 e. The van der Waals surface area contributed by atoms with Crippen molar-refractivity contribution in [3.05, 3.63) is 52.3 Å². The standard InChI is InChI=1S/C21H26F3N3O2/c1-14-6-4-5-7-17(14)8-9-19(28)26-10-11-29-12-18(26)20-15(2)25-27(16(20)3)13-21(22,23)24/h4-7,18H,8-13H2,1-3H3. The molecule has 0 N–H and O–H groups in total. The van der Waals surface area contributed by atoms with Crippen molar-refractivity contribution in [3.63, 3.8) is 0 Å². The maximum atomic E-state index is 13.0. The largest absolute Gasteiger partial charge is 0.408 e. The summed E-state index contributed by atoms with van der Waals surface area (Å²) in [5.41, 5.74) is 3.83. The summed E-state index contributed by atoms with van der Waals surface area (Å²) in [7, 11) is 0. The molecule has 5 nitrogen and oxygen atoms in total. The molecule has 0 aliphatic carbocycles. The summed E-state index contributed by atoms with van der Waals surface area (Å²) < 4.78 is 45.1. The highest BCUT2D eigenvalue weighted by atomic mass is 19.4. The molecule has 1 amide bonds. The summed E-state index contributed by atoms with van der Waals surface area (Å²) in [6.45, 7) is 5.26. The van der Waals surface area contributed by atoms with Gasteiger partial charge in [-0.3, -0.25) is 9.48 Å². The van der Waals surface area contributed by atoms with Gasteiger partial charge in [-0.2, -0.15) is 18.3 Å². The van der Waals surface area contributed by atoms with Crippen LogP contribution in [0.25, 0.3) is 0 Å². The summed E-state index contributed by atoms with van der Waals surface area (Å²) in [4.78, 5) is 14.7. The molecule has 1 aliphatic rings. The number of amides is 1. The van der Waals surface area contributed by atoms with E-state index < -0.39 is 18.8 Å². The van der Waals surface area contributed by atoms with Crippen LogP contribution >= 0.6 is 0 Å². The second kappa shape index (κ2) is 8.57. The van der Waals surface area contributed by atoms with E-state index in [1.54, 1.807) is 18.7 Å². The fourth-order valence-electron chi connectivity index (χ4n) is 3.93. The number of ether oxygens (including phenoxy) is 1. The van der Waals surface area contributed by atoms with Gasteiger partial charge in [-0.1, -0.05) is 24.3 Å². The van der Waals surface area contributed by atoms with Crippen LogP contribution in [-0.4, -0.2) is 46.5 Å². The first kappa shape index (κ1) is 21.4. The first-order chi connectivity index (χ1) is 13.7. The Hall–Kier alpha value is -2.35. The van der Waals surface area contributed by atoms with Gasteiger partial charge in [0.1, 0.15) is 6.54 Å². The number of rotatable bonds is 5. The normalized spacial score (nSPS) is 17.6. The summed E-state index contributed by atoms with van der Waals surface area (Å²) in [5, 5.41) is 4.07. The predicted octanol–water partition coefficient (Wildman–Crippen LogP) is 3.90. The maximum absolute atomic E-state index is 13.0. The fraction of sp³-hybridized carbons (Fsp3) is 0.524. The highest BCUT2D eigenvalue weighted by Crippen LogP contribution is 2.31. The van der Waals surface area contributed by atoms with Crippen LogP contribution < -0.4 is 0 Å². The molecule has 0 spiro atoms. The molecule has 1 unspecified atom stereocenters. The lowest BCUT2D eigenvalue weighted by molar-refractivity contribution is -0.143. The van der Waals surface area contributed by atoms with E-state index in [2.05, 4.69) is 5.10 Å². The van der Waals surface area contributed by atoms with Crippen molar-refractivity contribution in [2.75, 3.05) is 19.8 Å². The van der Waals surface area contributed by atoms with Gasteiger partial charge in [-0.15, -0.1) is 0 Å². The van der Waals surface area contributed by atoms with Crippen molar-refractivity contribution < 1.29 is 22.7 Å².